The molecule has 0 aromatic carbocycles. The van der Waals surface area contributed by atoms with Crippen molar-refractivity contribution in [1.29, 1.82) is 0 Å². The zero-order valence-corrected chi connectivity index (χ0v) is 8.45. The molecule has 72 valence electrons. The van der Waals surface area contributed by atoms with E-state index in [0.29, 0.717) is 6.10 Å². The van der Waals surface area contributed by atoms with Crippen molar-refractivity contribution >= 4 is 0 Å². The average molecular weight is 180 g/mol. The van der Waals surface area contributed by atoms with E-state index in [4.69, 9.17) is 4.74 Å². The summed E-state index contributed by atoms with van der Waals surface area (Å²) in [5, 5.41) is 0. The molecule has 0 amide bonds. The van der Waals surface area contributed by atoms with Crippen LogP contribution in [0.1, 0.15) is 26.6 Å². The first-order valence-corrected chi connectivity index (χ1v) is 4.72. The van der Waals surface area contributed by atoms with Gasteiger partial charge in [-0.15, -0.1) is 0 Å². The quantitative estimate of drug-likeness (QED) is 0.656. The summed E-state index contributed by atoms with van der Waals surface area (Å²) in [6.45, 7) is 7.23. The highest BCUT2D eigenvalue weighted by atomic mass is 16.5. The largest absolute Gasteiger partial charge is 0.370 e. The molecule has 0 N–H and O–H groups in total. The summed E-state index contributed by atoms with van der Waals surface area (Å²) in [6, 6.07) is 0. The number of hydrogen-bond donors (Lipinski definition) is 0. The molecule has 3 heteroatoms. The van der Waals surface area contributed by atoms with Crippen LogP contribution in [0.2, 0.25) is 0 Å². The molecule has 13 heavy (non-hydrogen) atoms. The fourth-order valence-corrected chi connectivity index (χ4v) is 1.76. The molecule has 2 heterocycles. The monoisotopic (exact) mass is 180 g/mol. The molecule has 0 aliphatic carbocycles. The molecular formula is C10H16N2O. The molecule has 1 aliphatic heterocycles. The fraction of sp³-hybridized carbons (Fsp3) is 0.700. The SMILES string of the molecule is CC(C)(C)O[C@@H]1Cc2nccn2C1. The van der Waals surface area contributed by atoms with Crippen molar-refractivity contribution < 1.29 is 4.74 Å². The summed E-state index contributed by atoms with van der Waals surface area (Å²) < 4.78 is 8.04. The molecule has 2 rings (SSSR count). The van der Waals surface area contributed by atoms with Gasteiger partial charge in [-0.05, 0) is 20.8 Å². The normalized spacial score (nSPS) is 21.9. The van der Waals surface area contributed by atoms with E-state index in [2.05, 4.69) is 30.3 Å². The summed E-state index contributed by atoms with van der Waals surface area (Å²) >= 11 is 0. The number of fused-ring (bicyclic) bond motifs is 1. The van der Waals surface area contributed by atoms with E-state index in [1.807, 2.05) is 12.4 Å². The van der Waals surface area contributed by atoms with Crippen molar-refractivity contribution in [1.82, 2.24) is 9.55 Å². The molecule has 0 bridgehead atoms. The van der Waals surface area contributed by atoms with Gasteiger partial charge >= 0.3 is 0 Å². The Morgan fingerprint density at radius 2 is 2.31 bits per heavy atom. The predicted octanol–water partition coefficient (Wildman–Crippen LogP) is 1.62. The summed E-state index contributed by atoms with van der Waals surface area (Å²) in [6.07, 6.45) is 5.12. The minimum atomic E-state index is -0.0469. The lowest BCUT2D eigenvalue weighted by Crippen LogP contribution is -2.28. The van der Waals surface area contributed by atoms with Crippen molar-refractivity contribution in [3.05, 3.63) is 18.2 Å². The van der Waals surface area contributed by atoms with Crippen molar-refractivity contribution in [2.24, 2.45) is 0 Å². The molecule has 1 atom stereocenters. The highest BCUT2D eigenvalue weighted by Gasteiger charge is 2.26. The zero-order valence-electron chi connectivity index (χ0n) is 8.45. The molecule has 0 unspecified atom stereocenters. The summed E-state index contributed by atoms with van der Waals surface area (Å²) in [5.41, 5.74) is -0.0469. The lowest BCUT2D eigenvalue weighted by Gasteiger charge is -2.24. The molecule has 1 aromatic rings. The lowest BCUT2D eigenvalue weighted by atomic mass is 10.1. The molecule has 0 saturated carbocycles. The Morgan fingerprint density at radius 1 is 1.54 bits per heavy atom. The van der Waals surface area contributed by atoms with E-state index < -0.39 is 0 Å². The van der Waals surface area contributed by atoms with Gasteiger partial charge in [0.2, 0.25) is 0 Å². The molecule has 1 aromatic heterocycles. The van der Waals surface area contributed by atoms with E-state index in [9.17, 15) is 0 Å². The first-order chi connectivity index (χ1) is 6.04. The highest BCUT2D eigenvalue weighted by molar-refractivity contribution is 5.00. The molecule has 3 nitrogen and oxygen atoms in total. The van der Waals surface area contributed by atoms with Gasteiger partial charge in [0, 0.05) is 18.8 Å². The molecule has 0 fully saturated rings. The van der Waals surface area contributed by atoms with Crippen LogP contribution in [0.25, 0.3) is 0 Å². The standard InChI is InChI=1S/C10H16N2O/c1-10(2,3)13-8-6-9-11-4-5-12(9)7-8/h4-5,8H,6-7H2,1-3H3/t8-/m1/s1. The summed E-state index contributed by atoms with van der Waals surface area (Å²) in [7, 11) is 0. The molecule has 1 aliphatic rings. The van der Waals surface area contributed by atoms with E-state index in [1.54, 1.807) is 0 Å². The Labute approximate surface area is 78.7 Å². The lowest BCUT2D eigenvalue weighted by molar-refractivity contribution is -0.0583. The first kappa shape index (κ1) is 8.75. The Bertz CT molecular complexity index is 278. The molecule has 0 spiro atoms. The number of aromatic nitrogens is 2. The Hall–Kier alpha value is -0.830. The number of ether oxygens (including phenoxy) is 1. The Kier molecular flexibility index (Phi) is 1.91. The van der Waals surface area contributed by atoms with Crippen molar-refractivity contribution in [3.63, 3.8) is 0 Å². The molecule has 0 radical (unpaired) electrons. The number of imidazole rings is 1. The van der Waals surface area contributed by atoms with Gasteiger partial charge in [0.25, 0.3) is 0 Å². The van der Waals surface area contributed by atoms with Crippen LogP contribution in [0.15, 0.2) is 12.4 Å². The second kappa shape index (κ2) is 2.84. The van der Waals surface area contributed by atoms with Crippen LogP contribution in [0, 0.1) is 0 Å². The van der Waals surface area contributed by atoms with Crippen LogP contribution in [0.3, 0.4) is 0 Å². The third-order valence-corrected chi connectivity index (χ3v) is 2.13. The van der Waals surface area contributed by atoms with Gasteiger partial charge in [-0.1, -0.05) is 0 Å². The zero-order chi connectivity index (χ0) is 9.47. The summed E-state index contributed by atoms with van der Waals surface area (Å²) in [4.78, 5) is 4.26. The van der Waals surface area contributed by atoms with Crippen molar-refractivity contribution in [3.8, 4) is 0 Å². The van der Waals surface area contributed by atoms with Crippen LogP contribution in [-0.2, 0) is 17.7 Å². The molecular weight excluding hydrogens is 164 g/mol. The Balaban J connectivity index is 1.99. The third kappa shape index (κ3) is 1.91. The number of nitrogens with zero attached hydrogens (tertiary/aromatic N) is 2. The predicted molar refractivity (Wildman–Crippen MR) is 50.6 cm³/mol. The van der Waals surface area contributed by atoms with Gasteiger partial charge in [0.05, 0.1) is 18.2 Å². The van der Waals surface area contributed by atoms with E-state index in [0.717, 1.165) is 18.8 Å². The average Bonchev–Trinajstić information content (AvgIpc) is 2.40. The minimum Gasteiger partial charge on any atom is -0.370 e. The number of hydrogen-bond acceptors (Lipinski definition) is 2. The second-order valence-electron chi connectivity index (χ2n) is 4.55. The van der Waals surface area contributed by atoms with Crippen LogP contribution in [0.4, 0.5) is 0 Å². The van der Waals surface area contributed by atoms with Crippen molar-refractivity contribution in [2.45, 2.75) is 45.4 Å². The number of rotatable bonds is 1. The van der Waals surface area contributed by atoms with Gasteiger partial charge in [-0.2, -0.15) is 0 Å². The maximum atomic E-state index is 5.88. The van der Waals surface area contributed by atoms with E-state index >= 15 is 0 Å². The fourth-order valence-electron chi connectivity index (χ4n) is 1.76. The maximum Gasteiger partial charge on any atom is 0.111 e. The second-order valence-corrected chi connectivity index (χ2v) is 4.55. The van der Waals surface area contributed by atoms with Gasteiger partial charge < -0.3 is 9.30 Å². The maximum absolute atomic E-state index is 5.88. The minimum absolute atomic E-state index is 0.0469. The van der Waals surface area contributed by atoms with Gasteiger partial charge in [0.1, 0.15) is 5.82 Å². The summed E-state index contributed by atoms with van der Waals surface area (Å²) in [5.74, 6) is 1.15. The van der Waals surface area contributed by atoms with Gasteiger partial charge in [-0.25, -0.2) is 4.98 Å². The van der Waals surface area contributed by atoms with Gasteiger partial charge in [-0.3, -0.25) is 0 Å². The van der Waals surface area contributed by atoms with E-state index in [1.165, 1.54) is 0 Å². The van der Waals surface area contributed by atoms with E-state index in [-0.39, 0.29) is 5.60 Å². The third-order valence-electron chi connectivity index (χ3n) is 2.13. The smallest absolute Gasteiger partial charge is 0.111 e. The van der Waals surface area contributed by atoms with Crippen molar-refractivity contribution in [2.75, 3.05) is 0 Å². The van der Waals surface area contributed by atoms with Crippen LogP contribution in [0.5, 0.6) is 0 Å². The highest BCUT2D eigenvalue weighted by Crippen LogP contribution is 2.20. The Morgan fingerprint density at radius 3 is 2.92 bits per heavy atom. The van der Waals surface area contributed by atoms with Crippen LogP contribution < -0.4 is 0 Å². The first-order valence-electron chi connectivity index (χ1n) is 4.72. The topological polar surface area (TPSA) is 27.1 Å². The van der Waals surface area contributed by atoms with Crippen LogP contribution >= 0.6 is 0 Å². The molecule has 0 saturated heterocycles. The van der Waals surface area contributed by atoms with Crippen LogP contribution in [-0.4, -0.2) is 21.3 Å². The van der Waals surface area contributed by atoms with Gasteiger partial charge in [0.15, 0.2) is 0 Å².